The Morgan fingerprint density at radius 2 is 2.21 bits per heavy atom. The van der Waals surface area contributed by atoms with E-state index in [1.165, 1.54) is 15.6 Å². The van der Waals surface area contributed by atoms with Crippen molar-refractivity contribution in [3.05, 3.63) is 16.5 Å². The molecule has 1 aliphatic heterocycles. The summed E-state index contributed by atoms with van der Waals surface area (Å²) in [6, 6.07) is 1.57. The van der Waals surface area contributed by atoms with Gasteiger partial charge in [-0.2, -0.15) is 4.31 Å². The SMILES string of the molecule is Cc1cc(S(=O)(=O)N2CCO[C@H]([C@@H](C)N)C2)sc1C. The second kappa shape index (κ2) is 5.49. The molecule has 1 aliphatic rings. The van der Waals surface area contributed by atoms with Gasteiger partial charge in [0.15, 0.2) is 0 Å². The van der Waals surface area contributed by atoms with Gasteiger partial charge in [0.05, 0.1) is 12.7 Å². The van der Waals surface area contributed by atoms with Crippen molar-refractivity contribution in [3.63, 3.8) is 0 Å². The van der Waals surface area contributed by atoms with Gasteiger partial charge in [-0.1, -0.05) is 0 Å². The van der Waals surface area contributed by atoms with E-state index in [-0.39, 0.29) is 12.1 Å². The number of aryl methyl sites for hydroxylation is 2. The van der Waals surface area contributed by atoms with Crippen molar-refractivity contribution in [1.29, 1.82) is 0 Å². The van der Waals surface area contributed by atoms with Crippen LogP contribution in [0, 0.1) is 13.8 Å². The Balaban J connectivity index is 2.24. The van der Waals surface area contributed by atoms with Gasteiger partial charge in [0, 0.05) is 24.0 Å². The van der Waals surface area contributed by atoms with Gasteiger partial charge < -0.3 is 10.5 Å². The molecule has 2 N–H and O–H groups in total. The molecule has 0 radical (unpaired) electrons. The fourth-order valence-corrected chi connectivity index (χ4v) is 5.09. The van der Waals surface area contributed by atoms with Crippen LogP contribution in [0.15, 0.2) is 10.3 Å². The van der Waals surface area contributed by atoms with Gasteiger partial charge in [-0.15, -0.1) is 11.3 Å². The quantitative estimate of drug-likeness (QED) is 0.907. The normalized spacial score (nSPS) is 23.5. The van der Waals surface area contributed by atoms with Gasteiger partial charge >= 0.3 is 0 Å². The number of nitrogens with two attached hydrogens (primary N) is 1. The Hall–Kier alpha value is -0.470. The minimum atomic E-state index is -3.41. The van der Waals surface area contributed by atoms with Gasteiger partial charge in [-0.05, 0) is 32.4 Å². The molecule has 1 saturated heterocycles. The van der Waals surface area contributed by atoms with Crippen molar-refractivity contribution in [2.24, 2.45) is 5.73 Å². The monoisotopic (exact) mass is 304 g/mol. The van der Waals surface area contributed by atoms with E-state index >= 15 is 0 Å². The Bertz CT molecular complexity index is 532. The summed E-state index contributed by atoms with van der Waals surface area (Å²) in [5.74, 6) is 0. The highest BCUT2D eigenvalue weighted by Gasteiger charge is 2.33. The maximum Gasteiger partial charge on any atom is 0.252 e. The highest BCUT2D eigenvalue weighted by molar-refractivity contribution is 7.91. The Labute approximate surface area is 118 Å². The van der Waals surface area contributed by atoms with Crippen molar-refractivity contribution in [2.45, 2.75) is 37.1 Å². The molecule has 0 bridgehead atoms. The lowest BCUT2D eigenvalue weighted by molar-refractivity contribution is -0.0119. The standard InChI is InChI=1S/C12H20N2O3S2/c1-8-6-12(18-10(8)3)19(15,16)14-4-5-17-11(7-14)9(2)13/h6,9,11H,4-5,7,13H2,1-3H3/t9-,11+/m1/s1. The first kappa shape index (κ1) is 14.9. The number of hydrogen-bond acceptors (Lipinski definition) is 5. The van der Waals surface area contributed by atoms with Gasteiger partial charge in [0.1, 0.15) is 4.21 Å². The van der Waals surface area contributed by atoms with Crippen molar-refractivity contribution >= 4 is 21.4 Å². The van der Waals surface area contributed by atoms with Gasteiger partial charge in [-0.3, -0.25) is 0 Å². The van der Waals surface area contributed by atoms with Crippen molar-refractivity contribution in [2.75, 3.05) is 19.7 Å². The molecular formula is C12H20N2O3S2. The second-order valence-corrected chi connectivity index (χ2v) is 8.36. The molecule has 0 amide bonds. The summed E-state index contributed by atoms with van der Waals surface area (Å²) in [6.45, 7) is 6.81. The highest BCUT2D eigenvalue weighted by atomic mass is 32.2. The summed E-state index contributed by atoms with van der Waals surface area (Å²) in [7, 11) is -3.41. The summed E-state index contributed by atoms with van der Waals surface area (Å²) in [5, 5.41) is 0. The molecular weight excluding hydrogens is 284 g/mol. The van der Waals surface area contributed by atoms with Crippen molar-refractivity contribution in [1.82, 2.24) is 4.31 Å². The predicted molar refractivity (Wildman–Crippen MR) is 75.9 cm³/mol. The van der Waals surface area contributed by atoms with Crippen LogP contribution in [0.3, 0.4) is 0 Å². The van der Waals surface area contributed by atoms with Crippen LogP contribution in [0.25, 0.3) is 0 Å². The Morgan fingerprint density at radius 3 is 2.74 bits per heavy atom. The number of thiophene rings is 1. The molecule has 2 heterocycles. The maximum atomic E-state index is 12.6. The zero-order chi connectivity index (χ0) is 14.2. The van der Waals surface area contributed by atoms with Crippen molar-refractivity contribution in [3.8, 4) is 0 Å². The number of hydrogen-bond donors (Lipinski definition) is 1. The van der Waals surface area contributed by atoms with E-state index in [0.717, 1.165) is 10.4 Å². The van der Waals surface area contributed by atoms with Gasteiger partial charge in [0.2, 0.25) is 0 Å². The first-order valence-electron chi connectivity index (χ1n) is 6.26. The Morgan fingerprint density at radius 1 is 1.53 bits per heavy atom. The van der Waals surface area contributed by atoms with E-state index in [2.05, 4.69) is 0 Å². The third-order valence-corrected chi connectivity index (χ3v) is 6.85. The third kappa shape index (κ3) is 3.00. The van der Waals surface area contributed by atoms with Crippen LogP contribution < -0.4 is 5.73 Å². The molecule has 1 aromatic heterocycles. The predicted octanol–water partition coefficient (Wildman–Crippen LogP) is 1.10. The zero-order valence-electron chi connectivity index (χ0n) is 11.4. The first-order valence-corrected chi connectivity index (χ1v) is 8.52. The van der Waals surface area contributed by atoms with Crippen LogP contribution in [0.4, 0.5) is 0 Å². The summed E-state index contributed by atoms with van der Waals surface area (Å²) in [6.07, 6.45) is -0.231. The van der Waals surface area contributed by atoms with Crippen LogP contribution in [0.5, 0.6) is 0 Å². The summed E-state index contributed by atoms with van der Waals surface area (Å²) in [4.78, 5) is 1.04. The maximum absolute atomic E-state index is 12.6. The fourth-order valence-electron chi connectivity index (χ4n) is 1.98. The summed E-state index contributed by atoms with van der Waals surface area (Å²) < 4.78 is 32.5. The van der Waals surface area contributed by atoms with Crippen LogP contribution in [-0.4, -0.2) is 44.6 Å². The molecule has 1 fully saturated rings. The summed E-state index contributed by atoms with van der Waals surface area (Å²) in [5.41, 5.74) is 6.81. The topological polar surface area (TPSA) is 72.6 Å². The third-order valence-electron chi connectivity index (χ3n) is 3.38. The molecule has 0 saturated carbocycles. The number of nitrogens with zero attached hydrogens (tertiary/aromatic N) is 1. The molecule has 2 rings (SSSR count). The van der Waals surface area contributed by atoms with E-state index in [1.54, 1.807) is 6.07 Å². The van der Waals surface area contributed by atoms with E-state index in [4.69, 9.17) is 10.5 Å². The minimum Gasteiger partial charge on any atom is -0.374 e. The number of ether oxygens (including phenoxy) is 1. The van der Waals surface area contributed by atoms with Crippen molar-refractivity contribution < 1.29 is 13.2 Å². The molecule has 0 aliphatic carbocycles. The van der Waals surface area contributed by atoms with E-state index in [0.29, 0.717) is 23.9 Å². The smallest absolute Gasteiger partial charge is 0.252 e. The van der Waals surface area contributed by atoms with E-state index in [9.17, 15) is 8.42 Å². The van der Waals surface area contributed by atoms with E-state index < -0.39 is 10.0 Å². The first-order chi connectivity index (χ1) is 8.82. The number of sulfonamides is 1. The lowest BCUT2D eigenvalue weighted by Crippen LogP contribution is -2.51. The van der Waals surface area contributed by atoms with E-state index in [1.807, 2.05) is 20.8 Å². The summed E-state index contributed by atoms with van der Waals surface area (Å²) >= 11 is 1.32. The van der Waals surface area contributed by atoms with Crippen LogP contribution in [-0.2, 0) is 14.8 Å². The average molecular weight is 304 g/mol. The fraction of sp³-hybridized carbons (Fsp3) is 0.667. The zero-order valence-corrected chi connectivity index (χ0v) is 13.1. The van der Waals surface area contributed by atoms with Crippen LogP contribution in [0.1, 0.15) is 17.4 Å². The molecule has 5 nitrogen and oxygen atoms in total. The molecule has 108 valence electrons. The lowest BCUT2D eigenvalue weighted by Gasteiger charge is -2.33. The molecule has 0 unspecified atom stereocenters. The number of rotatable bonds is 3. The van der Waals surface area contributed by atoms with Crippen LogP contribution in [0.2, 0.25) is 0 Å². The lowest BCUT2D eigenvalue weighted by atomic mass is 10.2. The van der Waals surface area contributed by atoms with Gasteiger partial charge in [-0.25, -0.2) is 8.42 Å². The largest absolute Gasteiger partial charge is 0.374 e. The van der Waals surface area contributed by atoms with Crippen LogP contribution >= 0.6 is 11.3 Å². The molecule has 2 atom stereocenters. The highest BCUT2D eigenvalue weighted by Crippen LogP contribution is 2.28. The number of morpholine rings is 1. The second-order valence-electron chi connectivity index (χ2n) is 4.94. The Kier molecular flexibility index (Phi) is 4.32. The molecule has 1 aromatic rings. The molecule has 19 heavy (non-hydrogen) atoms. The van der Waals surface area contributed by atoms with Gasteiger partial charge in [0.25, 0.3) is 10.0 Å². The molecule has 7 heteroatoms. The molecule has 0 spiro atoms. The minimum absolute atomic E-state index is 0.176. The average Bonchev–Trinajstić information content (AvgIpc) is 2.70. The molecule has 0 aromatic carbocycles.